The predicted molar refractivity (Wildman–Crippen MR) is 119 cm³/mol. The molecule has 3 rings (SSSR count). The number of rotatable bonds is 8. The zero-order valence-electron chi connectivity index (χ0n) is 16.1. The molecular formula is C21H20ClN3O4S. The Morgan fingerprint density at radius 1 is 0.933 bits per heavy atom. The number of halogens is 1. The number of nitrogens with one attached hydrogen (secondary N) is 3. The van der Waals surface area contributed by atoms with Gasteiger partial charge in [0.2, 0.25) is 5.91 Å². The molecule has 0 spiro atoms. The molecule has 0 saturated carbocycles. The van der Waals surface area contributed by atoms with E-state index in [0.717, 1.165) is 0 Å². The van der Waals surface area contributed by atoms with Crippen molar-refractivity contribution in [1.29, 1.82) is 0 Å². The highest BCUT2D eigenvalue weighted by molar-refractivity contribution is 7.92. The van der Waals surface area contributed by atoms with Crippen molar-refractivity contribution in [1.82, 2.24) is 0 Å². The quantitative estimate of drug-likeness (QED) is 0.483. The van der Waals surface area contributed by atoms with Gasteiger partial charge in [0.05, 0.1) is 35.6 Å². The van der Waals surface area contributed by atoms with Gasteiger partial charge < -0.3 is 15.4 Å². The van der Waals surface area contributed by atoms with Gasteiger partial charge in [-0.1, -0.05) is 41.9 Å². The SMILES string of the molecule is COc1ccc(Cl)cc1NCC(=O)Nc1ccccc1NS(=O)(=O)c1ccccc1. The van der Waals surface area contributed by atoms with Gasteiger partial charge in [0.15, 0.2) is 0 Å². The zero-order chi connectivity index (χ0) is 21.6. The number of para-hydroxylation sites is 2. The molecule has 0 aliphatic carbocycles. The number of methoxy groups -OCH3 is 1. The Morgan fingerprint density at radius 2 is 1.60 bits per heavy atom. The number of carbonyl (C=O) groups is 1. The lowest BCUT2D eigenvalue weighted by molar-refractivity contribution is -0.114. The minimum Gasteiger partial charge on any atom is -0.495 e. The van der Waals surface area contributed by atoms with Crippen LogP contribution in [-0.4, -0.2) is 28.0 Å². The van der Waals surface area contributed by atoms with Crippen LogP contribution in [0.5, 0.6) is 5.75 Å². The fourth-order valence-corrected chi connectivity index (χ4v) is 3.95. The Kier molecular flexibility index (Phi) is 6.81. The maximum atomic E-state index is 12.6. The third kappa shape index (κ3) is 5.43. The molecule has 30 heavy (non-hydrogen) atoms. The second-order valence-electron chi connectivity index (χ2n) is 6.21. The summed E-state index contributed by atoms with van der Waals surface area (Å²) in [5.41, 5.74) is 1.16. The molecule has 7 nitrogen and oxygen atoms in total. The molecule has 0 bridgehead atoms. The van der Waals surface area contributed by atoms with E-state index in [4.69, 9.17) is 16.3 Å². The highest BCUT2D eigenvalue weighted by Gasteiger charge is 2.16. The molecule has 3 N–H and O–H groups in total. The summed E-state index contributed by atoms with van der Waals surface area (Å²) in [6.07, 6.45) is 0. The van der Waals surface area contributed by atoms with Crippen LogP contribution in [0, 0.1) is 0 Å². The highest BCUT2D eigenvalue weighted by Crippen LogP contribution is 2.28. The summed E-state index contributed by atoms with van der Waals surface area (Å²) in [7, 11) is -2.27. The van der Waals surface area contributed by atoms with E-state index in [9.17, 15) is 13.2 Å². The normalized spacial score (nSPS) is 10.9. The van der Waals surface area contributed by atoms with Gasteiger partial charge in [0, 0.05) is 5.02 Å². The molecule has 0 atom stereocenters. The summed E-state index contributed by atoms with van der Waals surface area (Å²) in [6, 6.07) is 19.6. The molecule has 3 aromatic carbocycles. The van der Waals surface area contributed by atoms with Gasteiger partial charge in [-0.05, 0) is 42.5 Å². The first-order chi connectivity index (χ1) is 14.4. The molecule has 0 aromatic heterocycles. The Bertz CT molecular complexity index is 1140. The van der Waals surface area contributed by atoms with Gasteiger partial charge in [-0.15, -0.1) is 0 Å². The maximum absolute atomic E-state index is 12.6. The zero-order valence-corrected chi connectivity index (χ0v) is 17.6. The molecule has 0 unspecified atom stereocenters. The van der Waals surface area contributed by atoms with Crippen molar-refractivity contribution in [2.24, 2.45) is 0 Å². The van der Waals surface area contributed by atoms with Crippen molar-refractivity contribution in [3.05, 3.63) is 77.8 Å². The van der Waals surface area contributed by atoms with Gasteiger partial charge in [-0.3, -0.25) is 9.52 Å². The third-order valence-electron chi connectivity index (χ3n) is 4.10. The van der Waals surface area contributed by atoms with Crippen LogP contribution < -0.4 is 20.1 Å². The van der Waals surface area contributed by atoms with Crippen molar-refractivity contribution in [2.75, 3.05) is 29.0 Å². The molecule has 9 heteroatoms. The Labute approximate surface area is 180 Å². The first-order valence-corrected chi connectivity index (χ1v) is 10.8. The molecule has 0 aliphatic rings. The van der Waals surface area contributed by atoms with Crippen LogP contribution in [0.4, 0.5) is 17.1 Å². The molecular weight excluding hydrogens is 426 g/mol. The first-order valence-electron chi connectivity index (χ1n) is 8.93. The summed E-state index contributed by atoms with van der Waals surface area (Å²) in [4.78, 5) is 12.6. The van der Waals surface area contributed by atoms with Crippen molar-refractivity contribution in [3.63, 3.8) is 0 Å². The first kappa shape index (κ1) is 21.5. The van der Waals surface area contributed by atoms with E-state index < -0.39 is 10.0 Å². The molecule has 1 amide bonds. The van der Waals surface area contributed by atoms with E-state index in [2.05, 4.69) is 15.4 Å². The van der Waals surface area contributed by atoms with Gasteiger partial charge in [0.25, 0.3) is 10.0 Å². The Morgan fingerprint density at radius 3 is 2.30 bits per heavy atom. The van der Waals surface area contributed by atoms with Crippen LogP contribution in [-0.2, 0) is 14.8 Å². The summed E-state index contributed by atoms with van der Waals surface area (Å²) in [5, 5.41) is 6.16. The van der Waals surface area contributed by atoms with E-state index in [1.54, 1.807) is 60.7 Å². The topological polar surface area (TPSA) is 96.5 Å². The molecule has 156 valence electrons. The fraction of sp³-hybridized carbons (Fsp3) is 0.0952. The fourth-order valence-electron chi connectivity index (χ4n) is 2.67. The van der Waals surface area contributed by atoms with Crippen LogP contribution in [0.3, 0.4) is 0 Å². The van der Waals surface area contributed by atoms with Gasteiger partial charge in [-0.25, -0.2) is 8.42 Å². The average Bonchev–Trinajstić information content (AvgIpc) is 2.74. The van der Waals surface area contributed by atoms with E-state index in [1.165, 1.54) is 19.2 Å². The van der Waals surface area contributed by atoms with Crippen LogP contribution in [0.1, 0.15) is 0 Å². The second kappa shape index (κ2) is 9.51. The smallest absolute Gasteiger partial charge is 0.261 e. The summed E-state index contributed by atoms with van der Waals surface area (Å²) in [5.74, 6) is 0.173. The number of hydrogen-bond donors (Lipinski definition) is 3. The monoisotopic (exact) mass is 445 g/mol. The van der Waals surface area contributed by atoms with Gasteiger partial charge >= 0.3 is 0 Å². The largest absolute Gasteiger partial charge is 0.495 e. The number of amides is 1. The van der Waals surface area contributed by atoms with Crippen molar-refractivity contribution < 1.29 is 17.9 Å². The lowest BCUT2D eigenvalue weighted by Gasteiger charge is -2.15. The minimum absolute atomic E-state index is 0.0729. The highest BCUT2D eigenvalue weighted by atomic mass is 35.5. The second-order valence-corrected chi connectivity index (χ2v) is 8.33. The number of sulfonamides is 1. The summed E-state index contributed by atoms with van der Waals surface area (Å²) >= 11 is 5.99. The van der Waals surface area contributed by atoms with Crippen molar-refractivity contribution in [3.8, 4) is 5.75 Å². The standard InChI is InChI=1S/C21H20ClN3O4S/c1-29-20-12-11-15(22)13-19(20)23-14-21(26)24-17-9-5-6-10-18(17)25-30(27,28)16-7-3-2-4-8-16/h2-13,23,25H,14H2,1H3,(H,24,26). The van der Waals surface area contributed by atoms with E-state index in [1.807, 2.05) is 0 Å². The van der Waals surface area contributed by atoms with Crippen LogP contribution in [0.2, 0.25) is 5.02 Å². The maximum Gasteiger partial charge on any atom is 0.261 e. The number of benzene rings is 3. The van der Waals surface area contributed by atoms with Crippen molar-refractivity contribution in [2.45, 2.75) is 4.90 Å². The lowest BCUT2D eigenvalue weighted by atomic mass is 10.2. The van der Waals surface area contributed by atoms with E-state index in [-0.39, 0.29) is 23.0 Å². The molecule has 0 fully saturated rings. The van der Waals surface area contributed by atoms with Gasteiger partial charge in [0.1, 0.15) is 5.75 Å². The number of carbonyl (C=O) groups excluding carboxylic acids is 1. The average molecular weight is 446 g/mol. The summed E-state index contributed by atoms with van der Waals surface area (Å²) in [6.45, 7) is -0.0729. The van der Waals surface area contributed by atoms with Crippen LogP contribution >= 0.6 is 11.6 Å². The molecule has 0 heterocycles. The Balaban J connectivity index is 1.71. The van der Waals surface area contributed by atoms with E-state index >= 15 is 0 Å². The number of ether oxygens (including phenoxy) is 1. The molecule has 0 aliphatic heterocycles. The van der Waals surface area contributed by atoms with Gasteiger partial charge in [-0.2, -0.15) is 0 Å². The number of anilines is 3. The van der Waals surface area contributed by atoms with E-state index in [0.29, 0.717) is 22.1 Å². The molecule has 3 aromatic rings. The molecule has 0 saturated heterocycles. The minimum atomic E-state index is -3.79. The predicted octanol–water partition coefficient (Wildman–Crippen LogP) is 4.20. The Hall–Kier alpha value is -3.23. The summed E-state index contributed by atoms with van der Waals surface area (Å²) < 4.78 is 32.9. The van der Waals surface area contributed by atoms with Crippen LogP contribution in [0.25, 0.3) is 0 Å². The van der Waals surface area contributed by atoms with Crippen molar-refractivity contribution >= 4 is 44.6 Å². The third-order valence-corrected chi connectivity index (χ3v) is 5.72. The van der Waals surface area contributed by atoms with Crippen LogP contribution in [0.15, 0.2) is 77.7 Å². The molecule has 0 radical (unpaired) electrons. The lowest BCUT2D eigenvalue weighted by Crippen LogP contribution is -2.23. The number of hydrogen-bond acceptors (Lipinski definition) is 5.